The van der Waals surface area contributed by atoms with Gasteiger partial charge in [0.15, 0.2) is 0 Å². The van der Waals surface area contributed by atoms with Crippen molar-refractivity contribution in [1.82, 2.24) is 9.80 Å². The van der Waals surface area contributed by atoms with E-state index in [-0.39, 0.29) is 18.4 Å². The number of aliphatic hydroxyl groups excluding tert-OH is 1. The maximum absolute atomic E-state index is 12.4. The van der Waals surface area contributed by atoms with Crippen molar-refractivity contribution >= 4 is 11.8 Å². The Hall–Kier alpha value is -2.50. The number of carbonyl (C=O) groups is 2. The number of rotatable bonds is 5. The van der Waals surface area contributed by atoms with Crippen molar-refractivity contribution in [3.8, 4) is 0 Å². The van der Waals surface area contributed by atoms with Crippen LogP contribution in [0, 0.1) is 0 Å². The summed E-state index contributed by atoms with van der Waals surface area (Å²) in [6.07, 6.45) is 2.29. The van der Waals surface area contributed by atoms with Crippen LogP contribution in [0.1, 0.15) is 38.3 Å². The van der Waals surface area contributed by atoms with Gasteiger partial charge in [-0.15, -0.1) is 0 Å². The molecule has 4 rings (SSSR count). The maximum Gasteiger partial charge on any atom is 0.261 e. The van der Waals surface area contributed by atoms with E-state index in [4.69, 9.17) is 0 Å². The van der Waals surface area contributed by atoms with Crippen LogP contribution in [0.2, 0.25) is 0 Å². The monoisotopic (exact) mass is 364 g/mol. The Balaban J connectivity index is 1.37. The van der Waals surface area contributed by atoms with Gasteiger partial charge in [-0.2, -0.15) is 0 Å². The fraction of sp³-hybridized carbons (Fsp3) is 0.364. The molecule has 27 heavy (non-hydrogen) atoms. The molecule has 0 saturated heterocycles. The summed E-state index contributed by atoms with van der Waals surface area (Å²) in [4.78, 5) is 28.2. The fourth-order valence-electron chi connectivity index (χ4n) is 4.21. The standard InChI is InChI=1S/C22H24N2O3/c1-23(17-11-10-15-6-2-3-7-16(15)12-17)13-18(25)14-24-21(26)19-8-4-5-9-20(19)22(24)27/h2-9,17-18,25H,10-14H2,1H3. The van der Waals surface area contributed by atoms with Gasteiger partial charge in [0.1, 0.15) is 0 Å². The van der Waals surface area contributed by atoms with E-state index in [1.807, 2.05) is 7.05 Å². The van der Waals surface area contributed by atoms with Crippen LogP contribution < -0.4 is 0 Å². The molecule has 1 heterocycles. The minimum Gasteiger partial charge on any atom is -0.390 e. The molecule has 5 heteroatoms. The number of β-amino-alcohol motifs (C(OH)–C–C–N with tert-alkyl or cyclic N) is 1. The highest BCUT2D eigenvalue weighted by Gasteiger charge is 2.36. The van der Waals surface area contributed by atoms with E-state index in [2.05, 4.69) is 29.2 Å². The van der Waals surface area contributed by atoms with Crippen LogP contribution >= 0.6 is 0 Å². The van der Waals surface area contributed by atoms with E-state index in [9.17, 15) is 14.7 Å². The highest BCUT2D eigenvalue weighted by atomic mass is 16.3. The normalized spacial score (nSPS) is 20.0. The lowest BCUT2D eigenvalue weighted by Crippen LogP contribution is -2.45. The Labute approximate surface area is 159 Å². The summed E-state index contributed by atoms with van der Waals surface area (Å²) < 4.78 is 0. The smallest absolute Gasteiger partial charge is 0.261 e. The topological polar surface area (TPSA) is 60.9 Å². The van der Waals surface area contributed by atoms with Gasteiger partial charge < -0.3 is 10.0 Å². The first-order valence-corrected chi connectivity index (χ1v) is 9.45. The van der Waals surface area contributed by atoms with Gasteiger partial charge in [0, 0.05) is 12.6 Å². The van der Waals surface area contributed by atoms with Gasteiger partial charge in [0.05, 0.1) is 23.8 Å². The van der Waals surface area contributed by atoms with Gasteiger partial charge in [0.25, 0.3) is 11.8 Å². The molecule has 1 aliphatic carbocycles. The molecule has 0 saturated carbocycles. The molecular weight excluding hydrogens is 340 g/mol. The number of aryl methyl sites for hydroxylation is 1. The number of benzene rings is 2. The molecule has 2 atom stereocenters. The molecule has 140 valence electrons. The third-order valence-corrected chi connectivity index (χ3v) is 5.71. The van der Waals surface area contributed by atoms with Gasteiger partial charge >= 0.3 is 0 Å². The summed E-state index contributed by atoms with van der Waals surface area (Å²) in [6, 6.07) is 15.7. The van der Waals surface area contributed by atoms with Crippen molar-refractivity contribution in [1.29, 1.82) is 0 Å². The molecule has 2 aromatic carbocycles. The number of likely N-dealkylation sites (N-methyl/N-ethyl adjacent to an activating group) is 1. The Kier molecular flexibility index (Phi) is 4.81. The van der Waals surface area contributed by atoms with Gasteiger partial charge in [-0.1, -0.05) is 36.4 Å². The molecule has 2 aliphatic rings. The molecule has 2 aromatic rings. The first kappa shape index (κ1) is 17.9. The predicted molar refractivity (Wildman–Crippen MR) is 103 cm³/mol. The fourth-order valence-corrected chi connectivity index (χ4v) is 4.21. The minimum atomic E-state index is -0.769. The lowest BCUT2D eigenvalue weighted by Gasteiger charge is -2.34. The predicted octanol–water partition coefficient (Wildman–Crippen LogP) is 2.13. The first-order chi connectivity index (χ1) is 13.0. The van der Waals surface area contributed by atoms with Gasteiger partial charge in [-0.3, -0.25) is 14.5 Å². The molecule has 0 bridgehead atoms. The zero-order chi connectivity index (χ0) is 19.0. The van der Waals surface area contributed by atoms with E-state index < -0.39 is 6.10 Å². The van der Waals surface area contributed by atoms with Crippen molar-refractivity contribution in [3.63, 3.8) is 0 Å². The number of carbonyl (C=O) groups excluding carboxylic acids is 2. The highest BCUT2D eigenvalue weighted by molar-refractivity contribution is 6.21. The van der Waals surface area contributed by atoms with E-state index in [1.165, 1.54) is 16.0 Å². The summed E-state index contributed by atoms with van der Waals surface area (Å²) in [5.41, 5.74) is 3.63. The second kappa shape index (κ2) is 7.25. The minimum absolute atomic E-state index is 0.0278. The number of nitrogens with zero attached hydrogens (tertiary/aromatic N) is 2. The third-order valence-electron chi connectivity index (χ3n) is 5.71. The Morgan fingerprint density at radius 3 is 2.30 bits per heavy atom. The number of hydrogen-bond donors (Lipinski definition) is 1. The number of aliphatic hydroxyl groups is 1. The third kappa shape index (κ3) is 3.40. The Morgan fingerprint density at radius 1 is 1.04 bits per heavy atom. The number of hydrogen-bond acceptors (Lipinski definition) is 4. The lowest BCUT2D eigenvalue weighted by atomic mass is 9.87. The zero-order valence-electron chi connectivity index (χ0n) is 15.5. The quantitative estimate of drug-likeness (QED) is 0.826. The molecule has 0 fully saturated rings. The van der Waals surface area contributed by atoms with Crippen LogP contribution in [-0.2, 0) is 12.8 Å². The Morgan fingerprint density at radius 2 is 1.63 bits per heavy atom. The molecular formula is C22H24N2O3. The molecule has 2 unspecified atom stereocenters. The van der Waals surface area contributed by atoms with Crippen molar-refractivity contribution in [2.24, 2.45) is 0 Å². The summed E-state index contributed by atoms with van der Waals surface area (Å²) in [7, 11) is 2.00. The van der Waals surface area contributed by atoms with E-state index in [1.54, 1.807) is 24.3 Å². The molecule has 2 amide bonds. The average Bonchev–Trinajstić information content (AvgIpc) is 2.92. The second-order valence-corrected chi connectivity index (χ2v) is 7.53. The second-order valence-electron chi connectivity index (χ2n) is 7.53. The number of imide groups is 1. The molecule has 5 nitrogen and oxygen atoms in total. The van der Waals surface area contributed by atoms with E-state index >= 15 is 0 Å². The van der Waals surface area contributed by atoms with Crippen molar-refractivity contribution in [2.45, 2.75) is 31.4 Å². The number of fused-ring (bicyclic) bond motifs is 2. The average molecular weight is 364 g/mol. The van der Waals surface area contributed by atoms with E-state index in [0.29, 0.717) is 23.7 Å². The Bertz CT molecular complexity index is 844. The van der Waals surface area contributed by atoms with Crippen LogP contribution in [0.3, 0.4) is 0 Å². The molecule has 0 radical (unpaired) electrons. The van der Waals surface area contributed by atoms with Crippen LogP contribution in [0.5, 0.6) is 0 Å². The molecule has 1 aliphatic heterocycles. The summed E-state index contributed by atoms with van der Waals surface area (Å²) in [6.45, 7) is 0.459. The van der Waals surface area contributed by atoms with Crippen LogP contribution in [0.15, 0.2) is 48.5 Å². The van der Waals surface area contributed by atoms with Crippen molar-refractivity contribution in [2.75, 3.05) is 20.1 Å². The lowest BCUT2D eigenvalue weighted by molar-refractivity contribution is 0.0453. The van der Waals surface area contributed by atoms with Gasteiger partial charge in [-0.05, 0) is 49.6 Å². The summed E-state index contributed by atoms with van der Waals surface area (Å²) in [5.74, 6) is -0.632. The largest absolute Gasteiger partial charge is 0.390 e. The maximum atomic E-state index is 12.4. The number of amides is 2. The summed E-state index contributed by atoms with van der Waals surface area (Å²) in [5, 5.41) is 10.5. The van der Waals surface area contributed by atoms with Crippen LogP contribution in [0.25, 0.3) is 0 Å². The molecule has 1 N–H and O–H groups in total. The van der Waals surface area contributed by atoms with E-state index in [0.717, 1.165) is 19.3 Å². The van der Waals surface area contributed by atoms with Crippen molar-refractivity contribution in [3.05, 3.63) is 70.8 Å². The first-order valence-electron chi connectivity index (χ1n) is 9.45. The summed E-state index contributed by atoms with van der Waals surface area (Å²) >= 11 is 0. The van der Waals surface area contributed by atoms with Crippen LogP contribution in [-0.4, -0.2) is 59.0 Å². The molecule has 0 spiro atoms. The molecule has 0 aromatic heterocycles. The van der Waals surface area contributed by atoms with Gasteiger partial charge in [0.2, 0.25) is 0 Å². The van der Waals surface area contributed by atoms with Crippen LogP contribution in [0.4, 0.5) is 0 Å². The van der Waals surface area contributed by atoms with Crippen molar-refractivity contribution < 1.29 is 14.7 Å². The van der Waals surface area contributed by atoms with Gasteiger partial charge in [-0.25, -0.2) is 0 Å². The SMILES string of the molecule is CN(CC(O)CN1C(=O)c2ccccc2C1=O)C1CCc2ccccc2C1. The zero-order valence-corrected chi connectivity index (χ0v) is 15.5. The highest BCUT2D eigenvalue weighted by Crippen LogP contribution is 2.25.